The van der Waals surface area contributed by atoms with E-state index < -0.39 is 16.0 Å². The minimum absolute atomic E-state index is 0.0834. The number of hydrogen-bond donors (Lipinski definition) is 2. The summed E-state index contributed by atoms with van der Waals surface area (Å²) >= 11 is 3.11. The molecule has 0 heterocycles. The second kappa shape index (κ2) is 6.31. The monoisotopic (exact) mass is 347 g/mol. The van der Waals surface area contributed by atoms with Gasteiger partial charge < -0.3 is 5.11 Å². The average molecular weight is 348 g/mol. The van der Waals surface area contributed by atoms with E-state index in [1.807, 2.05) is 0 Å². The lowest BCUT2D eigenvalue weighted by Crippen LogP contribution is -2.32. The van der Waals surface area contributed by atoms with E-state index >= 15 is 0 Å². The molecule has 19 heavy (non-hydrogen) atoms. The molecule has 0 aliphatic heterocycles. The van der Waals surface area contributed by atoms with Crippen molar-refractivity contribution in [2.45, 2.75) is 24.3 Å². The van der Waals surface area contributed by atoms with Gasteiger partial charge in [0.25, 0.3) is 0 Å². The van der Waals surface area contributed by atoms with Gasteiger partial charge in [0.05, 0.1) is 10.5 Å². The predicted molar refractivity (Wildman–Crippen MR) is 75.7 cm³/mol. The van der Waals surface area contributed by atoms with Crippen LogP contribution in [0.15, 0.2) is 40.2 Å². The van der Waals surface area contributed by atoms with Crippen LogP contribution in [-0.4, -0.2) is 25.5 Å². The number of benzene rings is 1. The Morgan fingerprint density at radius 1 is 1.58 bits per heavy atom. The van der Waals surface area contributed by atoms with Gasteiger partial charge in [0.2, 0.25) is 10.0 Å². The molecule has 0 bridgehead atoms. The fourth-order valence-electron chi connectivity index (χ4n) is 1.47. The van der Waals surface area contributed by atoms with E-state index in [-0.39, 0.29) is 16.5 Å². The first kappa shape index (κ1) is 15.9. The number of rotatable bonds is 6. The quantitative estimate of drug-likeness (QED) is 0.774. The summed E-state index contributed by atoms with van der Waals surface area (Å²) in [5.41, 5.74) is -0.0834. The molecule has 2 N–H and O–H groups in total. The number of nitrogens with one attached hydrogen (secondary N) is 1. The highest BCUT2D eigenvalue weighted by Crippen LogP contribution is 2.23. The first-order valence-corrected chi connectivity index (χ1v) is 7.71. The second-order valence-electron chi connectivity index (χ2n) is 4.00. The lowest BCUT2D eigenvalue weighted by molar-refractivity contribution is 0.0696. The highest BCUT2D eigenvalue weighted by Gasteiger charge is 2.21. The number of halogens is 1. The van der Waals surface area contributed by atoms with Gasteiger partial charge in [-0.05, 0) is 47.5 Å². The van der Waals surface area contributed by atoms with Gasteiger partial charge in [-0.3, -0.25) is 0 Å². The highest BCUT2D eigenvalue weighted by molar-refractivity contribution is 9.10. The number of aromatic carboxylic acids is 1. The van der Waals surface area contributed by atoms with E-state index in [4.69, 9.17) is 5.11 Å². The number of sulfonamides is 1. The second-order valence-corrected chi connectivity index (χ2v) is 6.53. The summed E-state index contributed by atoms with van der Waals surface area (Å²) in [6.45, 7) is 5.24. The summed E-state index contributed by atoms with van der Waals surface area (Å²) in [6, 6.07) is 3.53. The van der Waals surface area contributed by atoms with Crippen LogP contribution >= 0.6 is 15.9 Å². The molecule has 0 fully saturated rings. The molecule has 7 heteroatoms. The summed E-state index contributed by atoms with van der Waals surface area (Å²) in [4.78, 5) is 10.8. The predicted octanol–water partition coefficient (Wildman–Crippen LogP) is 2.39. The van der Waals surface area contributed by atoms with Gasteiger partial charge in [-0.1, -0.05) is 6.08 Å². The van der Waals surface area contributed by atoms with Crippen molar-refractivity contribution in [3.63, 3.8) is 0 Å². The molecule has 5 nitrogen and oxygen atoms in total. The Kier molecular flexibility index (Phi) is 5.28. The van der Waals surface area contributed by atoms with Crippen molar-refractivity contribution >= 4 is 31.9 Å². The molecule has 1 aromatic carbocycles. The highest BCUT2D eigenvalue weighted by atomic mass is 79.9. The third-order valence-corrected chi connectivity index (χ3v) is 4.93. The molecule has 0 aliphatic carbocycles. The maximum Gasteiger partial charge on any atom is 0.335 e. The standard InChI is InChI=1S/C12H14BrNO4S/c1-3-4-8(2)14-19(17,18)11-7-9(12(15)16)5-6-10(11)13/h3,5-8,14H,1,4H2,2H3,(H,15,16). The van der Waals surface area contributed by atoms with Crippen molar-refractivity contribution in [1.29, 1.82) is 0 Å². The van der Waals surface area contributed by atoms with Gasteiger partial charge in [0.15, 0.2) is 0 Å². The fraction of sp³-hybridized carbons (Fsp3) is 0.250. The van der Waals surface area contributed by atoms with Crippen molar-refractivity contribution in [3.8, 4) is 0 Å². The molecule has 0 saturated heterocycles. The van der Waals surface area contributed by atoms with Crippen LogP contribution in [0.1, 0.15) is 23.7 Å². The molecule has 1 atom stereocenters. The SMILES string of the molecule is C=CCC(C)NS(=O)(=O)c1cc(C(=O)O)ccc1Br. The van der Waals surface area contributed by atoms with Gasteiger partial charge in [0.1, 0.15) is 0 Å². The summed E-state index contributed by atoms with van der Waals surface area (Å²) < 4.78 is 27.1. The van der Waals surface area contributed by atoms with E-state index in [0.717, 1.165) is 6.07 Å². The Labute approximate surface area is 120 Å². The minimum Gasteiger partial charge on any atom is -0.478 e. The average Bonchev–Trinajstić information content (AvgIpc) is 2.28. The van der Waals surface area contributed by atoms with Gasteiger partial charge in [-0.25, -0.2) is 17.9 Å². The Morgan fingerprint density at radius 3 is 2.74 bits per heavy atom. The summed E-state index contributed by atoms with van der Waals surface area (Å²) in [6.07, 6.45) is 2.09. The number of carboxylic acid groups (broad SMARTS) is 1. The zero-order chi connectivity index (χ0) is 14.6. The molecule has 1 aromatic rings. The molecule has 104 valence electrons. The molecule has 0 aliphatic rings. The van der Waals surface area contributed by atoms with Gasteiger partial charge in [0, 0.05) is 10.5 Å². The fourth-order valence-corrected chi connectivity index (χ4v) is 3.71. The maximum atomic E-state index is 12.1. The van der Waals surface area contributed by atoms with Crippen LogP contribution in [0.3, 0.4) is 0 Å². The Balaban J connectivity index is 3.16. The van der Waals surface area contributed by atoms with Crippen molar-refractivity contribution in [1.82, 2.24) is 4.72 Å². The molecular weight excluding hydrogens is 334 g/mol. The van der Waals surface area contributed by atoms with Crippen LogP contribution in [-0.2, 0) is 10.0 Å². The molecule has 1 unspecified atom stereocenters. The molecule has 0 saturated carbocycles. The van der Waals surface area contributed by atoms with Crippen molar-refractivity contribution in [2.75, 3.05) is 0 Å². The molecular formula is C12H14BrNO4S. The van der Waals surface area contributed by atoms with E-state index in [1.54, 1.807) is 13.0 Å². The maximum absolute atomic E-state index is 12.1. The Bertz CT molecular complexity index is 598. The zero-order valence-electron chi connectivity index (χ0n) is 10.3. The Hall–Kier alpha value is -1.18. The topological polar surface area (TPSA) is 83.5 Å². The van der Waals surface area contributed by atoms with E-state index in [0.29, 0.717) is 10.9 Å². The van der Waals surface area contributed by atoms with Gasteiger partial charge >= 0.3 is 5.97 Å². The van der Waals surface area contributed by atoms with Crippen LogP contribution in [0.4, 0.5) is 0 Å². The minimum atomic E-state index is -3.78. The smallest absolute Gasteiger partial charge is 0.335 e. The van der Waals surface area contributed by atoms with Gasteiger partial charge in [-0.15, -0.1) is 6.58 Å². The lowest BCUT2D eigenvalue weighted by Gasteiger charge is -2.13. The number of carboxylic acids is 1. The van der Waals surface area contributed by atoms with Crippen LogP contribution < -0.4 is 4.72 Å². The van der Waals surface area contributed by atoms with Crippen LogP contribution in [0, 0.1) is 0 Å². The lowest BCUT2D eigenvalue weighted by atomic mass is 10.2. The van der Waals surface area contributed by atoms with E-state index in [9.17, 15) is 13.2 Å². The third-order valence-electron chi connectivity index (χ3n) is 2.34. The van der Waals surface area contributed by atoms with E-state index in [2.05, 4.69) is 27.2 Å². The summed E-state index contributed by atoms with van der Waals surface area (Å²) in [5.74, 6) is -1.18. The van der Waals surface area contributed by atoms with Crippen molar-refractivity contribution in [3.05, 3.63) is 40.9 Å². The summed E-state index contributed by atoms with van der Waals surface area (Å²) in [5, 5.41) is 8.89. The number of hydrogen-bond acceptors (Lipinski definition) is 3. The normalized spacial score (nSPS) is 12.9. The molecule has 0 radical (unpaired) electrons. The van der Waals surface area contributed by atoms with Crippen LogP contribution in [0.5, 0.6) is 0 Å². The van der Waals surface area contributed by atoms with Crippen LogP contribution in [0.25, 0.3) is 0 Å². The van der Waals surface area contributed by atoms with Crippen molar-refractivity contribution in [2.24, 2.45) is 0 Å². The van der Waals surface area contributed by atoms with Gasteiger partial charge in [-0.2, -0.15) is 0 Å². The van der Waals surface area contributed by atoms with Crippen molar-refractivity contribution < 1.29 is 18.3 Å². The van der Waals surface area contributed by atoms with Crippen LogP contribution in [0.2, 0.25) is 0 Å². The molecule has 0 amide bonds. The molecule has 0 aromatic heterocycles. The first-order chi connectivity index (χ1) is 8.77. The Morgan fingerprint density at radius 2 is 2.21 bits per heavy atom. The number of carbonyl (C=O) groups is 1. The molecule has 1 rings (SSSR count). The first-order valence-electron chi connectivity index (χ1n) is 5.44. The zero-order valence-corrected chi connectivity index (χ0v) is 12.7. The third kappa shape index (κ3) is 4.15. The van der Waals surface area contributed by atoms with E-state index in [1.165, 1.54) is 12.1 Å². The largest absolute Gasteiger partial charge is 0.478 e. The summed E-state index contributed by atoms with van der Waals surface area (Å²) in [7, 11) is -3.78. The molecule has 0 spiro atoms.